The number of carbonyl (C=O) groups is 1. The molecule has 0 saturated carbocycles. The lowest BCUT2D eigenvalue weighted by molar-refractivity contribution is -0.142. The van der Waals surface area contributed by atoms with Crippen molar-refractivity contribution in [3.8, 4) is 17.2 Å². The maximum absolute atomic E-state index is 12.8. The Morgan fingerprint density at radius 1 is 1.03 bits per heavy atom. The highest BCUT2D eigenvalue weighted by atomic mass is 32.2. The maximum Gasteiger partial charge on any atom is 0.263 e. The molecule has 1 atom stereocenters. The number of methoxy groups -OCH3 is 2. The molecule has 1 heterocycles. The second kappa shape index (κ2) is 9.88. The van der Waals surface area contributed by atoms with Crippen LogP contribution in [0, 0.1) is 0 Å². The van der Waals surface area contributed by atoms with Gasteiger partial charge in [-0.2, -0.15) is 0 Å². The van der Waals surface area contributed by atoms with Gasteiger partial charge in [0.15, 0.2) is 6.10 Å². The fourth-order valence-corrected chi connectivity index (χ4v) is 4.15. The highest BCUT2D eigenvalue weighted by Crippen LogP contribution is 2.31. The summed E-state index contributed by atoms with van der Waals surface area (Å²) in [7, 11) is -0.906. The zero-order valence-electron chi connectivity index (χ0n) is 17.7. The van der Waals surface area contributed by atoms with Gasteiger partial charge in [-0.1, -0.05) is 0 Å². The minimum Gasteiger partial charge on any atom is -0.497 e. The van der Waals surface area contributed by atoms with E-state index in [9.17, 15) is 13.2 Å². The molecule has 2 aromatic carbocycles. The minimum absolute atomic E-state index is 0.0462. The SMILES string of the molecule is COc1ccc(NS(=O)(=O)c2ccc(O[C@@H](C)C(=O)N3CCOCC3)cc2)c(OC)c1. The molecule has 0 aromatic heterocycles. The number of amides is 1. The summed E-state index contributed by atoms with van der Waals surface area (Å²) in [6.45, 7) is 3.75. The van der Waals surface area contributed by atoms with Crippen molar-refractivity contribution in [3.63, 3.8) is 0 Å². The number of rotatable bonds is 8. The number of carbonyl (C=O) groups excluding carboxylic acids is 1. The van der Waals surface area contributed by atoms with Crippen molar-refractivity contribution in [1.82, 2.24) is 4.90 Å². The standard InChI is InChI=1S/C21H26N2O7S/c1-15(21(24)23-10-12-29-13-11-23)30-16-4-7-18(8-5-16)31(25,26)22-19-9-6-17(27-2)14-20(19)28-3/h4-9,14-15,22H,10-13H2,1-3H3/t15-/m0/s1. The van der Waals surface area contributed by atoms with Crippen LogP contribution in [0.4, 0.5) is 5.69 Å². The Balaban J connectivity index is 1.68. The van der Waals surface area contributed by atoms with Gasteiger partial charge < -0.3 is 23.8 Å². The number of nitrogens with zero attached hydrogens (tertiary/aromatic N) is 1. The average Bonchev–Trinajstić information content (AvgIpc) is 2.79. The van der Waals surface area contributed by atoms with Crippen LogP contribution in [0.25, 0.3) is 0 Å². The molecule has 0 aliphatic carbocycles. The van der Waals surface area contributed by atoms with E-state index in [1.54, 1.807) is 30.0 Å². The zero-order valence-corrected chi connectivity index (χ0v) is 18.5. The molecule has 1 fully saturated rings. The lowest BCUT2D eigenvalue weighted by atomic mass is 10.3. The van der Waals surface area contributed by atoms with E-state index in [1.165, 1.54) is 38.5 Å². The number of nitrogens with one attached hydrogen (secondary N) is 1. The second-order valence-electron chi connectivity index (χ2n) is 6.84. The predicted octanol–water partition coefficient (Wildman–Crippen LogP) is 2.13. The topological polar surface area (TPSA) is 103 Å². The minimum atomic E-state index is -3.86. The number of morpholine rings is 1. The first-order valence-electron chi connectivity index (χ1n) is 9.72. The summed E-state index contributed by atoms with van der Waals surface area (Å²) in [5, 5.41) is 0. The molecule has 0 radical (unpaired) electrons. The van der Waals surface area contributed by atoms with Gasteiger partial charge in [0.05, 0.1) is 38.0 Å². The van der Waals surface area contributed by atoms with Gasteiger partial charge in [0.1, 0.15) is 17.2 Å². The fraction of sp³-hybridized carbons (Fsp3) is 0.381. The first-order valence-corrected chi connectivity index (χ1v) is 11.2. The van der Waals surface area contributed by atoms with Crippen LogP contribution in [0.15, 0.2) is 47.4 Å². The van der Waals surface area contributed by atoms with Crippen molar-refractivity contribution in [2.45, 2.75) is 17.9 Å². The summed E-state index contributed by atoms with van der Waals surface area (Å²) < 4.78 is 49.3. The third-order valence-electron chi connectivity index (χ3n) is 4.77. The molecule has 1 saturated heterocycles. The normalized spacial score (nSPS) is 15.1. The zero-order chi connectivity index (χ0) is 22.4. The van der Waals surface area contributed by atoms with Gasteiger partial charge in [-0.25, -0.2) is 8.42 Å². The first kappa shape index (κ1) is 22.7. The smallest absolute Gasteiger partial charge is 0.263 e. The van der Waals surface area contributed by atoms with Crippen LogP contribution in [-0.2, 0) is 19.6 Å². The number of hydrogen-bond acceptors (Lipinski definition) is 7. The van der Waals surface area contributed by atoms with Gasteiger partial charge in [0.2, 0.25) is 0 Å². The van der Waals surface area contributed by atoms with Crippen molar-refractivity contribution in [3.05, 3.63) is 42.5 Å². The number of sulfonamides is 1. The van der Waals surface area contributed by atoms with Crippen LogP contribution >= 0.6 is 0 Å². The Morgan fingerprint density at radius 2 is 1.68 bits per heavy atom. The van der Waals surface area contributed by atoms with E-state index in [2.05, 4.69) is 4.72 Å². The summed E-state index contributed by atoms with van der Waals surface area (Å²) in [6.07, 6.45) is -0.692. The molecule has 2 aromatic rings. The number of ether oxygens (including phenoxy) is 4. The van der Waals surface area contributed by atoms with Crippen LogP contribution < -0.4 is 18.9 Å². The Kier molecular flexibility index (Phi) is 7.24. The molecule has 0 unspecified atom stereocenters. The van der Waals surface area contributed by atoms with Crippen LogP contribution in [0.5, 0.6) is 17.2 Å². The van der Waals surface area contributed by atoms with Crippen LogP contribution in [0.3, 0.4) is 0 Å². The third-order valence-corrected chi connectivity index (χ3v) is 6.15. The molecule has 1 amide bonds. The Hall–Kier alpha value is -2.98. The van der Waals surface area contributed by atoms with E-state index >= 15 is 0 Å². The lowest BCUT2D eigenvalue weighted by Gasteiger charge is -2.29. The van der Waals surface area contributed by atoms with Crippen molar-refractivity contribution >= 4 is 21.6 Å². The summed E-state index contributed by atoms with van der Waals surface area (Å²) in [4.78, 5) is 14.2. The molecule has 1 aliphatic heterocycles. The monoisotopic (exact) mass is 450 g/mol. The molecule has 10 heteroatoms. The van der Waals surface area contributed by atoms with Crippen LogP contribution in [-0.4, -0.2) is 65.9 Å². The van der Waals surface area contributed by atoms with Gasteiger partial charge in [0, 0.05) is 19.2 Å². The third kappa shape index (κ3) is 5.59. The highest BCUT2D eigenvalue weighted by molar-refractivity contribution is 7.92. The molecule has 0 spiro atoms. The van der Waals surface area contributed by atoms with E-state index in [0.29, 0.717) is 43.6 Å². The molecular formula is C21H26N2O7S. The fourth-order valence-electron chi connectivity index (χ4n) is 3.08. The average molecular weight is 451 g/mol. The van der Waals surface area contributed by atoms with Crippen LogP contribution in [0.2, 0.25) is 0 Å². The number of anilines is 1. The molecule has 168 valence electrons. The number of hydrogen-bond donors (Lipinski definition) is 1. The van der Waals surface area contributed by atoms with Crippen LogP contribution in [0.1, 0.15) is 6.92 Å². The van der Waals surface area contributed by atoms with E-state index in [4.69, 9.17) is 18.9 Å². The Morgan fingerprint density at radius 3 is 2.29 bits per heavy atom. The lowest BCUT2D eigenvalue weighted by Crippen LogP contribution is -2.46. The van der Waals surface area contributed by atoms with E-state index in [1.807, 2.05) is 0 Å². The quantitative estimate of drug-likeness (QED) is 0.657. The Labute approximate surface area is 181 Å². The van der Waals surface area contributed by atoms with Crippen molar-refractivity contribution in [2.24, 2.45) is 0 Å². The van der Waals surface area contributed by atoms with Crippen molar-refractivity contribution in [1.29, 1.82) is 0 Å². The number of benzene rings is 2. The molecule has 1 N–H and O–H groups in total. The van der Waals surface area contributed by atoms with Gasteiger partial charge in [-0.05, 0) is 43.3 Å². The van der Waals surface area contributed by atoms with Gasteiger partial charge in [-0.15, -0.1) is 0 Å². The van der Waals surface area contributed by atoms with E-state index in [0.717, 1.165) is 0 Å². The van der Waals surface area contributed by atoms with Gasteiger partial charge in [-0.3, -0.25) is 9.52 Å². The highest BCUT2D eigenvalue weighted by Gasteiger charge is 2.24. The molecule has 31 heavy (non-hydrogen) atoms. The first-order chi connectivity index (χ1) is 14.8. The summed E-state index contributed by atoms with van der Waals surface area (Å²) in [5.74, 6) is 1.14. The largest absolute Gasteiger partial charge is 0.497 e. The van der Waals surface area contributed by atoms with E-state index < -0.39 is 16.1 Å². The van der Waals surface area contributed by atoms with Crippen molar-refractivity contribution < 1.29 is 32.2 Å². The van der Waals surface area contributed by atoms with Gasteiger partial charge >= 0.3 is 0 Å². The summed E-state index contributed by atoms with van der Waals surface area (Å²) in [6, 6.07) is 10.6. The van der Waals surface area contributed by atoms with Gasteiger partial charge in [0.25, 0.3) is 15.9 Å². The second-order valence-corrected chi connectivity index (χ2v) is 8.52. The molecule has 3 rings (SSSR count). The molecule has 0 bridgehead atoms. The Bertz CT molecular complexity index is 1000. The summed E-state index contributed by atoms with van der Waals surface area (Å²) in [5.41, 5.74) is 0.286. The molecular weight excluding hydrogens is 424 g/mol. The maximum atomic E-state index is 12.8. The molecule has 9 nitrogen and oxygen atoms in total. The molecule has 1 aliphatic rings. The summed E-state index contributed by atoms with van der Waals surface area (Å²) >= 11 is 0. The predicted molar refractivity (Wildman–Crippen MR) is 114 cm³/mol. The van der Waals surface area contributed by atoms with Crippen molar-refractivity contribution in [2.75, 3.05) is 45.2 Å². The van der Waals surface area contributed by atoms with E-state index in [-0.39, 0.29) is 16.5 Å².